The Morgan fingerprint density at radius 3 is 2.57 bits per heavy atom. The van der Waals surface area contributed by atoms with Gasteiger partial charge in [-0.1, -0.05) is 54.6 Å². The molecule has 10 nitrogen and oxygen atoms in total. The number of nitrogens with two attached hydrogens (primary N) is 1. The fourth-order valence-corrected chi connectivity index (χ4v) is 7.22. The molecule has 0 radical (unpaired) electrons. The first kappa shape index (κ1) is 30.8. The lowest BCUT2D eigenvalue weighted by molar-refractivity contribution is 0.0785. The fraction of sp³-hybridized carbons (Fsp3) is 0.351. The smallest absolute Gasteiger partial charge is 0.255 e. The molecule has 1 aromatic heterocycles. The Morgan fingerprint density at radius 1 is 0.979 bits per heavy atom. The van der Waals surface area contributed by atoms with Crippen molar-refractivity contribution in [2.24, 2.45) is 5.10 Å². The van der Waals surface area contributed by atoms with Crippen molar-refractivity contribution in [3.63, 3.8) is 0 Å². The molecular formula is C37H41N7O3. The van der Waals surface area contributed by atoms with Crippen LogP contribution in [0, 0.1) is 0 Å². The number of rotatable bonds is 8. The lowest BCUT2D eigenvalue weighted by atomic mass is 9.94. The van der Waals surface area contributed by atoms with Crippen LogP contribution in [0.1, 0.15) is 57.0 Å². The molecular weight excluding hydrogens is 590 g/mol. The zero-order valence-corrected chi connectivity index (χ0v) is 26.7. The van der Waals surface area contributed by atoms with Gasteiger partial charge in [0.2, 0.25) is 0 Å². The molecule has 0 bridgehead atoms. The summed E-state index contributed by atoms with van der Waals surface area (Å²) in [7, 11) is 1.91. The number of benzene rings is 3. The van der Waals surface area contributed by atoms with E-state index in [0.717, 1.165) is 59.9 Å². The molecule has 2 fully saturated rings. The van der Waals surface area contributed by atoms with Gasteiger partial charge in [-0.2, -0.15) is 5.10 Å². The summed E-state index contributed by atoms with van der Waals surface area (Å²) in [5.41, 5.74) is 11.4. The van der Waals surface area contributed by atoms with E-state index in [1.165, 1.54) is 5.56 Å². The summed E-state index contributed by atoms with van der Waals surface area (Å²) in [6, 6.07) is 22.5. The van der Waals surface area contributed by atoms with Crippen molar-refractivity contribution in [3.05, 3.63) is 95.2 Å². The number of nitrogens with zero attached hydrogens (tertiary/aromatic N) is 5. The summed E-state index contributed by atoms with van der Waals surface area (Å²) < 4.78 is 0. The highest BCUT2D eigenvalue weighted by atomic mass is 16.3. The van der Waals surface area contributed by atoms with Crippen molar-refractivity contribution in [1.29, 1.82) is 0 Å². The predicted molar refractivity (Wildman–Crippen MR) is 184 cm³/mol. The number of nitrogen functional groups attached to an aromatic ring is 1. The Labute approximate surface area is 274 Å². The molecule has 4 aromatic rings. The van der Waals surface area contributed by atoms with Crippen molar-refractivity contribution < 1.29 is 14.7 Å². The minimum absolute atomic E-state index is 0.0447. The second kappa shape index (κ2) is 13.1. The van der Waals surface area contributed by atoms with Crippen LogP contribution in [-0.4, -0.2) is 94.8 Å². The molecule has 0 spiro atoms. The van der Waals surface area contributed by atoms with E-state index in [1.807, 2.05) is 47.4 Å². The second-order valence-corrected chi connectivity index (χ2v) is 13.0. The van der Waals surface area contributed by atoms with Crippen LogP contribution in [0.15, 0.2) is 78.0 Å². The van der Waals surface area contributed by atoms with E-state index in [2.05, 4.69) is 56.7 Å². The molecule has 3 aliphatic heterocycles. The summed E-state index contributed by atoms with van der Waals surface area (Å²) in [5.74, 6) is -0.0886. The molecule has 3 aliphatic rings. The standard InChI is InChI=1S/C37H41N7O3/c1-42-21-27(19-40-42)26-17-34(35(38)39-18-26)36(46)41-28-14-16-44(22-28)37(47)33-9-3-7-31-30(6-2-8-32(31)33)25-12-10-24(11-13-25)20-43-15-4-5-29(43)23-45/h2-3,6-13,17-19,27-29,45H,4-5,14-16,20-23H2,1H3,(H2,38,39)(H,41,46). The molecule has 0 saturated carbocycles. The summed E-state index contributed by atoms with van der Waals surface area (Å²) in [6.45, 7) is 3.75. The third-order valence-electron chi connectivity index (χ3n) is 9.84. The number of aromatic nitrogens is 1. The van der Waals surface area contributed by atoms with Crippen LogP contribution < -0.4 is 11.1 Å². The highest BCUT2D eigenvalue weighted by molar-refractivity contribution is 6.10. The molecule has 4 N–H and O–H groups in total. The average molecular weight is 632 g/mol. The molecule has 3 atom stereocenters. The maximum absolute atomic E-state index is 13.9. The quantitative estimate of drug-likeness (QED) is 0.267. The van der Waals surface area contributed by atoms with Crippen molar-refractivity contribution >= 4 is 34.6 Å². The van der Waals surface area contributed by atoms with Gasteiger partial charge in [0.25, 0.3) is 11.8 Å². The summed E-state index contributed by atoms with van der Waals surface area (Å²) in [6.07, 6.45) is 6.39. The van der Waals surface area contributed by atoms with E-state index < -0.39 is 0 Å². The van der Waals surface area contributed by atoms with Gasteiger partial charge in [-0.05, 0) is 71.0 Å². The summed E-state index contributed by atoms with van der Waals surface area (Å²) in [5, 5.41) is 20.8. The van der Waals surface area contributed by atoms with E-state index in [-0.39, 0.29) is 42.2 Å². The number of nitrogens with one attached hydrogen (secondary N) is 1. The first-order chi connectivity index (χ1) is 22.9. The van der Waals surface area contributed by atoms with Gasteiger partial charge in [0.1, 0.15) is 5.82 Å². The third-order valence-corrected chi connectivity index (χ3v) is 9.84. The van der Waals surface area contributed by atoms with E-state index >= 15 is 0 Å². The number of likely N-dealkylation sites (N-methyl/N-ethyl adjacent to an activating group) is 1. The van der Waals surface area contributed by atoms with Crippen LogP contribution >= 0.6 is 0 Å². The monoisotopic (exact) mass is 631 g/mol. The minimum atomic E-state index is -0.283. The largest absolute Gasteiger partial charge is 0.395 e. The Kier molecular flexibility index (Phi) is 8.62. The lowest BCUT2D eigenvalue weighted by Crippen LogP contribution is -2.39. The molecule has 2 saturated heterocycles. The maximum Gasteiger partial charge on any atom is 0.255 e. The molecule has 3 unspecified atom stereocenters. The molecule has 2 amide bonds. The Hall–Kier alpha value is -4.80. The Morgan fingerprint density at radius 2 is 1.79 bits per heavy atom. The van der Waals surface area contributed by atoms with Gasteiger partial charge < -0.3 is 21.1 Å². The minimum Gasteiger partial charge on any atom is -0.395 e. The number of fused-ring (bicyclic) bond motifs is 1. The van der Waals surface area contributed by atoms with Crippen molar-refractivity contribution in [2.45, 2.75) is 43.8 Å². The number of pyridine rings is 1. The topological polar surface area (TPSA) is 127 Å². The molecule has 7 rings (SSSR count). The maximum atomic E-state index is 13.9. The van der Waals surface area contributed by atoms with Gasteiger partial charge in [-0.25, -0.2) is 4.98 Å². The number of likely N-dealkylation sites (tertiary alicyclic amines) is 2. The van der Waals surface area contributed by atoms with Crippen molar-refractivity contribution in [2.75, 3.05) is 45.6 Å². The number of hydrazone groups is 1. The highest BCUT2D eigenvalue weighted by Crippen LogP contribution is 2.32. The van der Waals surface area contributed by atoms with Gasteiger partial charge in [0.15, 0.2) is 0 Å². The number of hydrogen-bond acceptors (Lipinski definition) is 8. The zero-order chi connectivity index (χ0) is 32.5. The number of aliphatic hydroxyl groups excluding tert-OH is 1. The second-order valence-electron chi connectivity index (χ2n) is 13.0. The molecule has 47 heavy (non-hydrogen) atoms. The van der Waals surface area contributed by atoms with Crippen LogP contribution in [0.2, 0.25) is 0 Å². The number of aliphatic hydroxyl groups is 1. The number of carbonyl (C=O) groups excluding carboxylic acids is 2. The van der Waals surface area contributed by atoms with Crippen LogP contribution in [0.5, 0.6) is 0 Å². The van der Waals surface area contributed by atoms with Gasteiger partial charge in [-0.3, -0.25) is 19.5 Å². The van der Waals surface area contributed by atoms with E-state index in [4.69, 9.17) is 5.73 Å². The Bertz CT molecular complexity index is 1820. The average Bonchev–Trinajstić information content (AvgIpc) is 3.86. The highest BCUT2D eigenvalue weighted by Gasteiger charge is 2.30. The van der Waals surface area contributed by atoms with Crippen LogP contribution in [0.25, 0.3) is 21.9 Å². The normalized spacial score (nSPS) is 21.2. The van der Waals surface area contributed by atoms with Gasteiger partial charge >= 0.3 is 0 Å². The van der Waals surface area contributed by atoms with Crippen molar-refractivity contribution in [3.8, 4) is 11.1 Å². The summed E-state index contributed by atoms with van der Waals surface area (Å²) >= 11 is 0. The van der Waals surface area contributed by atoms with Crippen LogP contribution in [0.4, 0.5) is 5.82 Å². The number of amides is 2. The number of hydrogen-bond donors (Lipinski definition) is 3. The van der Waals surface area contributed by atoms with Gasteiger partial charge in [-0.15, -0.1) is 0 Å². The first-order valence-electron chi connectivity index (χ1n) is 16.4. The first-order valence-corrected chi connectivity index (χ1v) is 16.4. The van der Waals surface area contributed by atoms with Crippen molar-refractivity contribution in [1.82, 2.24) is 25.1 Å². The molecule has 0 aliphatic carbocycles. The van der Waals surface area contributed by atoms with E-state index in [0.29, 0.717) is 30.6 Å². The molecule has 242 valence electrons. The number of carbonyl (C=O) groups is 2. The SMILES string of the molecule is CN1CC(c2cnc(N)c(C(=O)NC3CCN(C(=O)c4cccc5c(-c6ccc(CN7CCCC7CO)cc6)cccc45)C3)c2)C=N1. The van der Waals surface area contributed by atoms with Crippen LogP contribution in [0.3, 0.4) is 0 Å². The van der Waals surface area contributed by atoms with Crippen LogP contribution in [-0.2, 0) is 6.54 Å². The van der Waals surface area contributed by atoms with E-state index in [9.17, 15) is 14.7 Å². The molecule has 3 aromatic carbocycles. The predicted octanol–water partition coefficient (Wildman–Crippen LogP) is 4.10. The molecule has 4 heterocycles. The summed E-state index contributed by atoms with van der Waals surface area (Å²) in [4.78, 5) is 35.6. The van der Waals surface area contributed by atoms with Gasteiger partial charge in [0, 0.05) is 69.2 Å². The number of anilines is 1. The van der Waals surface area contributed by atoms with Gasteiger partial charge in [0.05, 0.1) is 12.2 Å². The zero-order valence-electron chi connectivity index (χ0n) is 26.7. The Balaban J connectivity index is 1.04. The van der Waals surface area contributed by atoms with E-state index in [1.54, 1.807) is 12.3 Å². The third kappa shape index (κ3) is 6.31. The molecule has 10 heteroatoms. The lowest BCUT2D eigenvalue weighted by Gasteiger charge is -2.22. The fourth-order valence-electron chi connectivity index (χ4n) is 7.22.